The third kappa shape index (κ3) is 4.17. The van der Waals surface area contributed by atoms with E-state index in [9.17, 15) is 4.79 Å². The second-order valence-corrected chi connectivity index (χ2v) is 18.3. The molecule has 4 aliphatic carbocycles. The minimum Gasteiger partial charge on any atom is -0.461 e. The molecule has 0 aliphatic heterocycles. The second kappa shape index (κ2) is 8.87. The lowest BCUT2D eigenvalue weighted by Gasteiger charge is -2.58. The first kappa shape index (κ1) is 26.1. The largest absolute Gasteiger partial charge is 0.461 e. The number of carbonyl (C=O) groups excluding carboxylic acids is 1. The molecule has 0 radical (unpaired) electrons. The molecular formula is C29H47FO3Si. The van der Waals surface area contributed by atoms with Crippen molar-refractivity contribution in [1.29, 1.82) is 0 Å². The monoisotopic (exact) mass is 490 g/mol. The molecule has 0 aromatic carbocycles. The predicted octanol–water partition coefficient (Wildman–Crippen LogP) is 8.13. The van der Waals surface area contributed by atoms with Crippen LogP contribution in [0.15, 0.2) is 23.0 Å². The van der Waals surface area contributed by atoms with Crippen LogP contribution in [0.5, 0.6) is 0 Å². The number of halogens is 1. The van der Waals surface area contributed by atoms with Gasteiger partial charge >= 0.3 is 5.97 Å². The van der Waals surface area contributed by atoms with Crippen LogP contribution in [0.4, 0.5) is 4.39 Å². The van der Waals surface area contributed by atoms with Crippen molar-refractivity contribution in [2.45, 2.75) is 117 Å². The van der Waals surface area contributed by atoms with E-state index in [1.54, 1.807) is 12.5 Å². The average molecular weight is 491 g/mol. The summed E-state index contributed by atoms with van der Waals surface area (Å²) >= 11 is 0. The smallest absolute Gasteiger partial charge is 0.367 e. The Labute approximate surface area is 208 Å². The van der Waals surface area contributed by atoms with E-state index >= 15 is 4.39 Å². The van der Waals surface area contributed by atoms with E-state index in [-0.39, 0.29) is 22.5 Å². The Morgan fingerprint density at radius 2 is 1.76 bits per heavy atom. The van der Waals surface area contributed by atoms with Gasteiger partial charge in [-0.2, -0.15) is 4.39 Å². The van der Waals surface area contributed by atoms with Gasteiger partial charge in [0, 0.05) is 6.10 Å². The number of rotatable bonds is 4. The molecule has 0 heterocycles. The molecule has 0 amide bonds. The fraction of sp³-hybridized carbons (Fsp3) is 0.828. The summed E-state index contributed by atoms with van der Waals surface area (Å²) in [5.74, 6) is 0.325. The summed E-state index contributed by atoms with van der Waals surface area (Å²) in [7, 11) is -1.77. The zero-order valence-corrected chi connectivity index (χ0v) is 23.9. The normalized spacial score (nSPS) is 39.5. The molecule has 4 rings (SSSR count). The lowest BCUT2D eigenvalue weighted by molar-refractivity contribution is -0.140. The van der Waals surface area contributed by atoms with Gasteiger partial charge in [0.1, 0.15) is 0 Å². The van der Waals surface area contributed by atoms with Crippen LogP contribution in [0.2, 0.25) is 18.1 Å². The summed E-state index contributed by atoms with van der Waals surface area (Å²) in [4.78, 5) is 12.2. The Morgan fingerprint density at radius 3 is 2.41 bits per heavy atom. The van der Waals surface area contributed by atoms with Gasteiger partial charge in [-0.3, -0.25) is 0 Å². The molecule has 0 aromatic heterocycles. The van der Waals surface area contributed by atoms with Gasteiger partial charge in [0.25, 0.3) is 0 Å². The molecule has 4 aliphatic rings. The quantitative estimate of drug-likeness (QED) is 0.173. The number of allylic oxidation sites excluding steroid dienone is 2. The molecule has 5 heteroatoms. The van der Waals surface area contributed by atoms with Gasteiger partial charge in [0.2, 0.25) is 5.83 Å². The van der Waals surface area contributed by atoms with Gasteiger partial charge in [-0.25, -0.2) is 4.79 Å². The first-order valence-corrected chi connectivity index (χ1v) is 16.6. The standard InChI is InChI=1S/C29H47FO3Si/c1-9-32-26(31)25(30)24-13-12-22-21-11-10-19-18-20(33-34(7,8)27(2,3)4)14-16-28(19,5)23(21)15-17-29(22,24)6/h10,20-23H,9,11-18H2,1-8H3/t20-,21?,22?,23?,28-,29-/m0/s1. The summed E-state index contributed by atoms with van der Waals surface area (Å²) in [6, 6.07) is 0. The fourth-order valence-electron chi connectivity index (χ4n) is 7.81. The van der Waals surface area contributed by atoms with E-state index in [4.69, 9.17) is 9.16 Å². The van der Waals surface area contributed by atoms with E-state index in [0.29, 0.717) is 30.3 Å². The van der Waals surface area contributed by atoms with Crippen molar-refractivity contribution < 1.29 is 18.3 Å². The molecule has 6 atom stereocenters. The van der Waals surface area contributed by atoms with Gasteiger partial charge in [-0.15, -0.1) is 0 Å². The van der Waals surface area contributed by atoms with E-state index in [1.165, 1.54) is 6.42 Å². The lowest BCUT2D eigenvalue weighted by Crippen LogP contribution is -2.51. The number of carbonyl (C=O) groups is 1. The van der Waals surface area contributed by atoms with Crippen molar-refractivity contribution in [2.75, 3.05) is 6.61 Å². The highest BCUT2D eigenvalue weighted by Crippen LogP contribution is 2.66. The Balaban J connectivity index is 1.54. The zero-order valence-electron chi connectivity index (χ0n) is 22.9. The van der Waals surface area contributed by atoms with Gasteiger partial charge in [-0.05, 0) is 111 Å². The van der Waals surface area contributed by atoms with Crippen LogP contribution < -0.4 is 0 Å². The topological polar surface area (TPSA) is 35.5 Å². The van der Waals surface area contributed by atoms with Gasteiger partial charge in [0.05, 0.1) is 6.61 Å². The number of ether oxygens (including phenoxy) is 1. The molecule has 3 fully saturated rings. The molecule has 0 spiro atoms. The minimum absolute atomic E-state index is 0.206. The van der Waals surface area contributed by atoms with E-state index in [1.807, 2.05) is 0 Å². The summed E-state index contributed by atoms with van der Waals surface area (Å²) in [5, 5.41) is 0.236. The van der Waals surface area contributed by atoms with Gasteiger partial charge < -0.3 is 9.16 Å². The van der Waals surface area contributed by atoms with Crippen LogP contribution in [-0.4, -0.2) is 27.0 Å². The summed E-state index contributed by atoms with van der Waals surface area (Å²) in [6.07, 6.45) is 11.2. The maximum absolute atomic E-state index is 15.1. The highest BCUT2D eigenvalue weighted by molar-refractivity contribution is 6.74. The number of hydrogen-bond acceptors (Lipinski definition) is 3. The Bertz CT molecular complexity index is 884. The summed E-state index contributed by atoms with van der Waals surface area (Å²) in [5.41, 5.74) is 2.39. The van der Waals surface area contributed by atoms with Crippen LogP contribution in [0.1, 0.15) is 92.9 Å². The third-order valence-corrected chi connectivity index (χ3v) is 15.4. The highest BCUT2D eigenvalue weighted by Gasteiger charge is 2.58. The van der Waals surface area contributed by atoms with E-state index in [0.717, 1.165) is 44.1 Å². The van der Waals surface area contributed by atoms with Gasteiger partial charge in [0.15, 0.2) is 8.32 Å². The molecule has 0 bridgehead atoms. The first-order valence-electron chi connectivity index (χ1n) is 13.7. The van der Waals surface area contributed by atoms with Crippen molar-refractivity contribution >= 4 is 14.3 Å². The molecule has 0 saturated heterocycles. The van der Waals surface area contributed by atoms with E-state index in [2.05, 4.69) is 53.8 Å². The van der Waals surface area contributed by atoms with Crippen molar-refractivity contribution in [3.63, 3.8) is 0 Å². The van der Waals surface area contributed by atoms with Crippen LogP contribution in [0.3, 0.4) is 0 Å². The number of esters is 1. The lowest BCUT2D eigenvalue weighted by atomic mass is 9.48. The molecule has 0 aromatic rings. The Morgan fingerprint density at radius 1 is 1.12 bits per heavy atom. The minimum atomic E-state index is -1.77. The molecule has 3 unspecified atom stereocenters. The summed E-state index contributed by atoms with van der Waals surface area (Å²) in [6.45, 7) is 18.4. The molecular weight excluding hydrogens is 443 g/mol. The fourth-order valence-corrected chi connectivity index (χ4v) is 9.20. The molecule has 192 valence electrons. The van der Waals surface area contributed by atoms with Crippen molar-refractivity contribution in [1.82, 2.24) is 0 Å². The highest BCUT2D eigenvalue weighted by atomic mass is 28.4. The van der Waals surface area contributed by atoms with Crippen LogP contribution in [-0.2, 0) is 14.0 Å². The number of fused-ring (bicyclic) bond motifs is 5. The SMILES string of the molecule is CCOC(=O)C(F)=C1CCC2C3CC=C4C[C@@H](O[Si](C)(C)C(C)(C)C)CC[C@]4(C)C3CC[C@]12C. The maximum atomic E-state index is 15.1. The van der Waals surface area contributed by atoms with E-state index < -0.39 is 20.1 Å². The molecule has 3 saturated carbocycles. The molecule has 3 nitrogen and oxygen atoms in total. The number of hydrogen-bond donors (Lipinski definition) is 0. The third-order valence-electron chi connectivity index (χ3n) is 10.8. The molecule has 0 N–H and O–H groups in total. The summed E-state index contributed by atoms with van der Waals surface area (Å²) < 4.78 is 27.0. The van der Waals surface area contributed by atoms with Crippen molar-refractivity contribution in [2.24, 2.45) is 28.6 Å². The van der Waals surface area contributed by atoms with Crippen LogP contribution in [0, 0.1) is 28.6 Å². The second-order valence-electron chi connectivity index (χ2n) is 13.5. The van der Waals surface area contributed by atoms with Crippen molar-refractivity contribution in [3.8, 4) is 0 Å². The first-order chi connectivity index (χ1) is 15.7. The Hall–Kier alpha value is -0.943. The Kier molecular flexibility index (Phi) is 6.81. The maximum Gasteiger partial charge on any atom is 0.367 e. The van der Waals surface area contributed by atoms with Crippen LogP contribution >= 0.6 is 0 Å². The van der Waals surface area contributed by atoms with Crippen LogP contribution in [0.25, 0.3) is 0 Å². The average Bonchev–Trinajstić information content (AvgIpc) is 3.09. The van der Waals surface area contributed by atoms with Gasteiger partial charge in [-0.1, -0.05) is 46.3 Å². The molecule has 34 heavy (non-hydrogen) atoms. The zero-order chi connectivity index (χ0) is 25.1. The predicted molar refractivity (Wildman–Crippen MR) is 139 cm³/mol. The van der Waals surface area contributed by atoms with Crippen molar-refractivity contribution in [3.05, 3.63) is 23.0 Å².